The van der Waals surface area contributed by atoms with E-state index >= 15 is 0 Å². The molecule has 1 atom stereocenters. The molecule has 1 aliphatic heterocycles. The molecular weight excluding hydrogens is 231 g/mol. The summed E-state index contributed by atoms with van der Waals surface area (Å²) < 4.78 is 4.44. The van der Waals surface area contributed by atoms with Gasteiger partial charge in [0.25, 0.3) is 0 Å². The molecule has 92 valence electrons. The summed E-state index contributed by atoms with van der Waals surface area (Å²) in [7, 11) is 0. The van der Waals surface area contributed by atoms with Gasteiger partial charge in [0.15, 0.2) is 0 Å². The monoisotopic (exact) mass is 250 g/mol. The van der Waals surface area contributed by atoms with Crippen LogP contribution in [0.3, 0.4) is 0 Å². The molecule has 1 rings (SSSR count). The van der Waals surface area contributed by atoms with Gasteiger partial charge in [-0.15, -0.1) is 0 Å². The van der Waals surface area contributed by atoms with Gasteiger partial charge in [-0.05, 0) is 12.8 Å². The topological polar surface area (TPSA) is 73.4 Å². The Hall–Kier alpha value is -0.160. The molecule has 17 heavy (non-hydrogen) atoms. The van der Waals surface area contributed by atoms with Gasteiger partial charge in [-0.3, -0.25) is 9.59 Å². The maximum Gasteiger partial charge on any atom is 1.00 e. The normalized spacial score (nSPS) is 18.8. The number of hydrogen-bond acceptors (Lipinski definition) is 4. The number of allylic oxidation sites excluding steroid dienone is 1. The molecule has 0 radical (unpaired) electrons. The van der Waals surface area contributed by atoms with Crippen LogP contribution in [0.4, 0.5) is 0 Å². The number of ether oxygens (including phenoxy) is 1. The van der Waals surface area contributed by atoms with Crippen LogP contribution in [0, 0.1) is 5.92 Å². The van der Waals surface area contributed by atoms with Crippen LogP contribution < -0.4 is 29.6 Å². The van der Waals surface area contributed by atoms with E-state index in [1.807, 2.05) is 6.08 Å². The Kier molecular flexibility index (Phi) is 12.4. The minimum atomic E-state index is -0.402. The quantitative estimate of drug-likeness (QED) is 0.208. The van der Waals surface area contributed by atoms with Crippen molar-refractivity contribution < 1.29 is 49.4 Å². The number of unbranched alkanes of at least 4 members (excludes halogenated alkanes) is 4. The molecule has 4 nitrogen and oxygen atoms in total. The zero-order valence-electron chi connectivity index (χ0n) is 10.6. The molecule has 1 saturated heterocycles. The Labute approximate surface area is 124 Å². The first kappa shape index (κ1) is 19.2. The van der Waals surface area contributed by atoms with Crippen molar-refractivity contribution in [1.82, 2.24) is 0 Å². The Morgan fingerprint density at radius 2 is 2.00 bits per heavy atom. The minimum absolute atomic E-state index is 0. The standard InChI is InChI=1S/C12H18O3.Na.H2O/c1-2-3-4-5-6-7-8-10-9-11(13)15-12(10)14;;/h7-8,10H,2-6,9H2,1H3;;1H2/q;+1;/p-1. The van der Waals surface area contributed by atoms with Crippen LogP contribution in [0.25, 0.3) is 0 Å². The summed E-state index contributed by atoms with van der Waals surface area (Å²) in [5.41, 5.74) is 0. The van der Waals surface area contributed by atoms with E-state index in [2.05, 4.69) is 11.7 Å². The molecule has 0 aromatic rings. The minimum Gasteiger partial charge on any atom is -0.870 e. The Bertz CT molecular complexity index is 263. The molecule has 0 spiro atoms. The van der Waals surface area contributed by atoms with Crippen LogP contribution in [0.5, 0.6) is 0 Å². The molecule has 0 aromatic heterocycles. The summed E-state index contributed by atoms with van der Waals surface area (Å²) in [5, 5.41) is 0. The van der Waals surface area contributed by atoms with Crippen molar-refractivity contribution in [3.8, 4) is 0 Å². The Morgan fingerprint density at radius 1 is 1.29 bits per heavy atom. The number of cyclic esters (lactones) is 2. The van der Waals surface area contributed by atoms with E-state index in [1.54, 1.807) is 6.08 Å². The first-order chi connectivity index (χ1) is 7.24. The largest absolute Gasteiger partial charge is 1.00 e. The second kappa shape index (κ2) is 11.0. The number of rotatable bonds is 6. The second-order valence-electron chi connectivity index (χ2n) is 3.88. The fourth-order valence-electron chi connectivity index (χ4n) is 1.59. The van der Waals surface area contributed by atoms with Crippen LogP contribution in [-0.4, -0.2) is 17.4 Å². The summed E-state index contributed by atoms with van der Waals surface area (Å²) in [4.78, 5) is 21.8. The van der Waals surface area contributed by atoms with Gasteiger partial charge < -0.3 is 10.2 Å². The van der Waals surface area contributed by atoms with Crippen LogP contribution in [0.2, 0.25) is 0 Å². The Morgan fingerprint density at radius 3 is 2.53 bits per heavy atom. The van der Waals surface area contributed by atoms with Gasteiger partial charge in [0.2, 0.25) is 0 Å². The van der Waals surface area contributed by atoms with Crippen molar-refractivity contribution >= 4 is 11.9 Å². The van der Waals surface area contributed by atoms with Crippen LogP contribution in [0.1, 0.15) is 45.4 Å². The maximum absolute atomic E-state index is 11.1. The van der Waals surface area contributed by atoms with E-state index in [0.29, 0.717) is 0 Å². The molecule has 0 aromatic carbocycles. The molecular formula is C12H19NaO4. The summed E-state index contributed by atoms with van der Waals surface area (Å²) in [6.45, 7) is 2.18. The zero-order chi connectivity index (χ0) is 11.1. The average molecular weight is 250 g/mol. The number of carbonyl (C=O) groups excluding carboxylic acids is 2. The van der Waals surface area contributed by atoms with Gasteiger partial charge in [-0.2, -0.15) is 0 Å². The molecule has 5 heteroatoms. The van der Waals surface area contributed by atoms with Crippen molar-refractivity contribution in [1.29, 1.82) is 0 Å². The third-order valence-corrected chi connectivity index (χ3v) is 2.50. The molecule has 1 heterocycles. The van der Waals surface area contributed by atoms with E-state index in [9.17, 15) is 9.59 Å². The second-order valence-corrected chi connectivity index (χ2v) is 3.88. The molecule has 0 bridgehead atoms. The first-order valence-electron chi connectivity index (χ1n) is 5.65. The average Bonchev–Trinajstić information content (AvgIpc) is 2.51. The predicted molar refractivity (Wildman–Crippen MR) is 59.0 cm³/mol. The number of hydrogen-bond donors (Lipinski definition) is 0. The van der Waals surface area contributed by atoms with E-state index in [4.69, 9.17) is 0 Å². The van der Waals surface area contributed by atoms with Crippen LogP contribution in [0.15, 0.2) is 12.2 Å². The number of esters is 2. The van der Waals surface area contributed by atoms with E-state index in [0.717, 1.165) is 12.8 Å². The molecule has 0 amide bonds. The van der Waals surface area contributed by atoms with Gasteiger partial charge in [-0.1, -0.05) is 38.3 Å². The van der Waals surface area contributed by atoms with Crippen LogP contribution >= 0.6 is 0 Å². The predicted octanol–water partition coefficient (Wildman–Crippen LogP) is -0.570. The smallest absolute Gasteiger partial charge is 0.870 e. The molecule has 0 saturated carbocycles. The fraction of sp³-hybridized carbons (Fsp3) is 0.667. The fourth-order valence-corrected chi connectivity index (χ4v) is 1.59. The molecule has 1 N–H and O–H groups in total. The summed E-state index contributed by atoms with van der Waals surface area (Å²) in [6.07, 6.45) is 9.86. The molecule has 1 aliphatic rings. The van der Waals surface area contributed by atoms with Crippen LogP contribution in [-0.2, 0) is 14.3 Å². The van der Waals surface area contributed by atoms with Crippen molar-refractivity contribution in [2.45, 2.75) is 45.4 Å². The van der Waals surface area contributed by atoms with Gasteiger partial charge in [-0.25, -0.2) is 0 Å². The summed E-state index contributed by atoms with van der Waals surface area (Å²) in [6, 6.07) is 0. The third kappa shape index (κ3) is 7.71. The van der Waals surface area contributed by atoms with E-state index in [-0.39, 0.29) is 47.4 Å². The molecule has 0 aliphatic carbocycles. The van der Waals surface area contributed by atoms with Gasteiger partial charge in [0.1, 0.15) is 0 Å². The Balaban J connectivity index is 0. The van der Waals surface area contributed by atoms with Crippen molar-refractivity contribution in [3.05, 3.63) is 12.2 Å². The third-order valence-electron chi connectivity index (χ3n) is 2.50. The maximum atomic E-state index is 11.1. The van der Waals surface area contributed by atoms with E-state index < -0.39 is 11.9 Å². The van der Waals surface area contributed by atoms with E-state index in [1.165, 1.54) is 19.3 Å². The zero-order valence-corrected chi connectivity index (χ0v) is 12.6. The molecule has 1 unspecified atom stereocenters. The number of carbonyl (C=O) groups is 2. The summed E-state index contributed by atoms with van der Waals surface area (Å²) in [5.74, 6) is -1.13. The summed E-state index contributed by atoms with van der Waals surface area (Å²) >= 11 is 0. The molecule has 1 fully saturated rings. The van der Waals surface area contributed by atoms with Crippen molar-refractivity contribution in [2.75, 3.05) is 0 Å². The van der Waals surface area contributed by atoms with Crippen molar-refractivity contribution in [3.63, 3.8) is 0 Å². The van der Waals surface area contributed by atoms with Gasteiger partial charge >= 0.3 is 41.5 Å². The SMILES string of the molecule is CCCCCCC=CC1CC(=O)OC1=O.[Na+].[OH-]. The first-order valence-corrected chi connectivity index (χ1v) is 5.65. The van der Waals surface area contributed by atoms with Gasteiger partial charge in [0.05, 0.1) is 12.3 Å². The van der Waals surface area contributed by atoms with Crippen molar-refractivity contribution in [2.24, 2.45) is 5.92 Å². The van der Waals surface area contributed by atoms with Gasteiger partial charge in [0, 0.05) is 0 Å².